The van der Waals surface area contributed by atoms with Crippen LogP contribution in [-0.4, -0.2) is 33.0 Å². The molecule has 0 saturated heterocycles. The SMILES string of the molecule is C=C(/C=C\C(C#N)=C\Cl)N(C=O)C(=S)N(c1ccc(C(=O)O)c(F)c1)C(C)(C)C. The van der Waals surface area contributed by atoms with Crippen LogP contribution in [0.4, 0.5) is 10.1 Å². The first-order chi connectivity index (χ1) is 13.5. The molecule has 0 aliphatic rings. The van der Waals surface area contributed by atoms with Crippen LogP contribution >= 0.6 is 23.8 Å². The van der Waals surface area contributed by atoms with Gasteiger partial charge in [-0.25, -0.2) is 9.18 Å². The highest BCUT2D eigenvalue weighted by atomic mass is 35.5. The summed E-state index contributed by atoms with van der Waals surface area (Å²) in [4.78, 5) is 25.3. The van der Waals surface area contributed by atoms with E-state index in [0.29, 0.717) is 6.41 Å². The number of carbonyl (C=O) groups excluding carboxylic acids is 1. The number of nitriles is 1. The number of carbonyl (C=O) groups is 2. The zero-order chi connectivity index (χ0) is 22.4. The molecule has 0 spiro atoms. The molecule has 0 fully saturated rings. The Labute approximate surface area is 178 Å². The molecule has 9 heteroatoms. The Kier molecular flexibility index (Phi) is 8.25. The summed E-state index contributed by atoms with van der Waals surface area (Å²) in [5.74, 6) is -2.33. The number of hydrogen-bond acceptors (Lipinski definition) is 4. The van der Waals surface area contributed by atoms with Crippen molar-refractivity contribution in [3.8, 4) is 6.07 Å². The van der Waals surface area contributed by atoms with Gasteiger partial charge in [0.2, 0.25) is 6.41 Å². The number of benzene rings is 1. The van der Waals surface area contributed by atoms with Crippen LogP contribution in [0.2, 0.25) is 0 Å². The van der Waals surface area contributed by atoms with Gasteiger partial charge in [-0.05, 0) is 63.3 Å². The lowest BCUT2D eigenvalue weighted by Gasteiger charge is -2.40. The fraction of sp³-hybridized carbons (Fsp3) is 0.200. The van der Waals surface area contributed by atoms with Crippen molar-refractivity contribution in [2.75, 3.05) is 4.90 Å². The highest BCUT2D eigenvalue weighted by Gasteiger charge is 2.30. The van der Waals surface area contributed by atoms with Crippen LogP contribution in [-0.2, 0) is 4.79 Å². The van der Waals surface area contributed by atoms with Crippen molar-refractivity contribution in [2.24, 2.45) is 0 Å². The molecule has 0 aliphatic carbocycles. The predicted octanol–water partition coefficient (Wildman–Crippen LogP) is 4.59. The second-order valence-corrected chi connectivity index (χ2v) is 7.32. The third kappa shape index (κ3) is 5.98. The molecule has 152 valence electrons. The van der Waals surface area contributed by atoms with Crippen molar-refractivity contribution in [1.29, 1.82) is 5.26 Å². The van der Waals surface area contributed by atoms with Crippen LogP contribution in [0, 0.1) is 17.1 Å². The summed E-state index contributed by atoms with van der Waals surface area (Å²) in [7, 11) is 0. The lowest BCUT2D eigenvalue weighted by molar-refractivity contribution is -0.113. The number of thiocarbonyl (C=S) groups is 1. The van der Waals surface area contributed by atoms with E-state index in [2.05, 4.69) is 6.58 Å². The van der Waals surface area contributed by atoms with Crippen LogP contribution in [0.15, 0.2) is 53.7 Å². The second-order valence-electron chi connectivity index (χ2n) is 6.73. The Morgan fingerprint density at radius 3 is 2.41 bits per heavy atom. The number of carboxylic acid groups (broad SMARTS) is 1. The van der Waals surface area contributed by atoms with Gasteiger partial charge in [-0.3, -0.25) is 9.69 Å². The molecule has 0 bridgehead atoms. The zero-order valence-corrected chi connectivity index (χ0v) is 17.6. The van der Waals surface area contributed by atoms with Crippen LogP contribution < -0.4 is 4.90 Å². The number of allylic oxidation sites excluding steroid dienone is 3. The van der Waals surface area contributed by atoms with Crippen LogP contribution in [0.5, 0.6) is 0 Å². The Morgan fingerprint density at radius 2 is 2.00 bits per heavy atom. The van der Waals surface area contributed by atoms with Gasteiger partial charge in [0.1, 0.15) is 11.9 Å². The number of nitrogens with zero attached hydrogens (tertiary/aromatic N) is 3. The molecule has 6 nitrogen and oxygen atoms in total. The third-order valence-corrected chi connectivity index (χ3v) is 4.24. The third-order valence-electron chi connectivity index (χ3n) is 3.63. The first-order valence-corrected chi connectivity index (χ1v) is 9.01. The number of aromatic carboxylic acids is 1. The Bertz CT molecular complexity index is 945. The Morgan fingerprint density at radius 1 is 1.38 bits per heavy atom. The van der Waals surface area contributed by atoms with Gasteiger partial charge in [0.25, 0.3) is 0 Å². The molecule has 0 atom stereocenters. The lowest BCUT2D eigenvalue weighted by Crippen LogP contribution is -2.51. The Hall–Kier alpha value is -3.02. The Balaban J connectivity index is 3.37. The van der Waals surface area contributed by atoms with E-state index in [4.69, 9.17) is 34.2 Å². The number of amides is 1. The van der Waals surface area contributed by atoms with Gasteiger partial charge in [0.05, 0.1) is 11.1 Å². The van der Waals surface area contributed by atoms with Crippen molar-refractivity contribution < 1.29 is 19.1 Å². The number of carboxylic acids is 1. The van der Waals surface area contributed by atoms with Crippen molar-refractivity contribution >= 4 is 47.0 Å². The molecule has 0 saturated carbocycles. The molecule has 0 heterocycles. The van der Waals surface area contributed by atoms with Crippen LogP contribution in [0.3, 0.4) is 0 Å². The number of hydrogen-bond donors (Lipinski definition) is 1. The van der Waals surface area contributed by atoms with E-state index in [9.17, 15) is 14.0 Å². The maximum atomic E-state index is 14.2. The van der Waals surface area contributed by atoms with E-state index >= 15 is 0 Å². The monoisotopic (exact) mass is 435 g/mol. The molecule has 1 amide bonds. The minimum Gasteiger partial charge on any atom is -0.478 e. The molecule has 1 aromatic rings. The van der Waals surface area contributed by atoms with Gasteiger partial charge in [-0.1, -0.05) is 18.2 Å². The van der Waals surface area contributed by atoms with Crippen molar-refractivity contribution in [2.45, 2.75) is 26.3 Å². The average molecular weight is 436 g/mol. The zero-order valence-electron chi connectivity index (χ0n) is 16.0. The summed E-state index contributed by atoms with van der Waals surface area (Å²) in [5, 5.41) is 17.9. The molecule has 1 N–H and O–H groups in total. The molecular weight excluding hydrogens is 417 g/mol. The molecule has 0 aliphatic heterocycles. The number of rotatable bonds is 6. The van der Waals surface area contributed by atoms with E-state index < -0.39 is 22.9 Å². The van der Waals surface area contributed by atoms with Gasteiger partial charge in [-0.2, -0.15) is 5.26 Å². The molecule has 1 rings (SSSR count). The molecule has 0 radical (unpaired) electrons. The normalized spacial score (nSPS) is 11.7. The van der Waals surface area contributed by atoms with E-state index in [-0.39, 0.29) is 22.1 Å². The first kappa shape index (κ1) is 24.0. The van der Waals surface area contributed by atoms with Gasteiger partial charge in [0, 0.05) is 22.5 Å². The summed E-state index contributed by atoms with van der Waals surface area (Å²) < 4.78 is 14.2. The van der Waals surface area contributed by atoms with E-state index in [1.165, 1.54) is 23.1 Å². The highest BCUT2D eigenvalue weighted by Crippen LogP contribution is 2.28. The van der Waals surface area contributed by atoms with Gasteiger partial charge in [-0.15, -0.1) is 0 Å². The maximum Gasteiger partial charge on any atom is 0.338 e. The maximum absolute atomic E-state index is 14.2. The molecular formula is C20H19ClFN3O3S. The summed E-state index contributed by atoms with van der Waals surface area (Å²) in [6.45, 7) is 9.12. The van der Waals surface area contributed by atoms with Gasteiger partial charge < -0.3 is 10.0 Å². The quantitative estimate of drug-likeness (QED) is 0.304. The van der Waals surface area contributed by atoms with Crippen molar-refractivity contribution in [3.63, 3.8) is 0 Å². The smallest absolute Gasteiger partial charge is 0.338 e. The fourth-order valence-corrected chi connectivity index (χ4v) is 2.97. The summed E-state index contributed by atoms with van der Waals surface area (Å²) in [6.07, 6.45) is 3.18. The van der Waals surface area contributed by atoms with Gasteiger partial charge >= 0.3 is 5.97 Å². The lowest BCUT2D eigenvalue weighted by atomic mass is 10.0. The fourth-order valence-electron chi connectivity index (χ4n) is 2.31. The average Bonchev–Trinajstić information content (AvgIpc) is 2.61. The number of anilines is 1. The summed E-state index contributed by atoms with van der Waals surface area (Å²) in [6, 6.07) is 5.40. The van der Waals surface area contributed by atoms with E-state index in [1.807, 2.05) is 6.07 Å². The molecule has 0 aromatic heterocycles. The minimum absolute atomic E-state index is 0.0158. The van der Waals surface area contributed by atoms with E-state index in [0.717, 1.165) is 22.6 Å². The molecule has 1 aromatic carbocycles. The first-order valence-electron chi connectivity index (χ1n) is 8.17. The predicted molar refractivity (Wildman–Crippen MR) is 114 cm³/mol. The summed E-state index contributed by atoms with van der Waals surface area (Å²) >= 11 is 11.0. The highest BCUT2D eigenvalue weighted by molar-refractivity contribution is 7.80. The van der Waals surface area contributed by atoms with Crippen molar-refractivity contribution in [1.82, 2.24) is 4.90 Å². The summed E-state index contributed by atoms with van der Waals surface area (Å²) in [5.41, 5.74) is 0.434. The van der Waals surface area contributed by atoms with E-state index in [1.54, 1.807) is 20.8 Å². The molecule has 0 unspecified atom stereocenters. The second kappa shape index (κ2) is 9.96. The van der Waals surface area contributed by atoms with Crippen LogP contribution in [0.25, 0.3) is 0 Å². The van der Waals surface area contributed by atoms with Crippen LogP contribution in [0.1, 0.15) is 31.1 Å². The minimum atomic E-state index is -1.40. The largest absolute Gasteiger partial charge is 0.478 e. The molecule has 29 heavy (non-hydrogen) atoms. The topological polar surface area (TPSA) is 84.6 Å². The van der Waals surface area contributed by atoms with Crippen molar-refractivity contribution in [3.05, 3.63) is 65.1 Å². The standard InChI is InChI=1S/C20H19ClFN3O3S/c1-13(5-6-14(10-21)11-23)24(12-26)19(29)25(20(2,3)4)15-7-8-16(18(27)28)17(22)9-15/h5-10,12H,1H2,2-4H3,(H,27,28)/b6-5-,14-10-. The van der Waals surface area contributed by atoms with Gasteiger partial charge in [0.15, 0.2) is 5.11 Å². The number of halogens is 2.